The summed E-state index contributed by atoms with van der Waals surface area (Å²) in [5, 5.41) is 0. The molecule has 0 radical (unpaired) electrons. The standard InChI is InChI=1S/C22H27N3O3/c26-21(8-6-16-5-7-19-20(12-16)28-15-27-19)24-10-1-2-18(14-24)22-23-9-11-25(22)13-17-3-4-17/h5,7,9,11-12,17-18H,1-4,6,8,10,13-15H2/t18-/m1/s1. The highest BCUT2D eigenvalue weighted by molar-refractivity contribution is 5.76. The lowest BCUT2D eigenvalue weighted by Gasteiger charge is -2.33. The molecule has 3 heterocycles. The SMILES string of the molecule is O=C(CCc1ccc2c(c1)OCO2)N1CCC[C@@H](c2nccn2CC2CC2)C1. The molecule has 1 aromatic heterocycles. The summed E-state index contributed by atoms with van der Waals surface area (Å²) in [6.07, 6.45) is 10.1. The summed E-state index contributed by atoms with van der Waals surface area (Å²) < 4.78 is 13.1. The maximum absolute atomic E-state index is 12.8. The van der Waals surface area contributed by atoms with Crippen molar-refractivity contribution in [3.63, 3.8) is 0 Å². The lowest BCUT2D eigenvalue weighted by molar-refractivity contribution is -0.132. The van der Waals surface area contributed by atoms with E-state index in [1.54, 1.807) is 0 Å². The Morgan fingerprint density at radius 2 is 2.07 bits per heavy atom. The van der Waals surface area contributed by atoms with E-state index in [4.69, 9.17) is 9.47 Å². The van der Waals surface area contributed by atoms with Gasteiger partial charge in [-0.15, -0.1) is 0 Å². The first-order chi connectivity index (χ1) is 13.8. The van der Waals surface area contributed by atoms with Crippen LogP contribution in [0.15, 0.2) is 30.6 Å². The monoisotopic (exact) mass is 381 g/mol. The number of ether oxygens (including phenoxy) is 2. The van der Waals surface area contributed by atoms with Gasteiger partial charge in [0.2, 0.25) is 12.7 Å². The van der Waals surface area contributed by atoms with E-state index in [-0.39, 0.29) is 12.7 Å². The van der Waals surface area contributed by atoms with Gasteiger partial charge in [0.1, 0.15) is 5.82 Å². The molecule has 6 heteroatoms. The third-order valence-corrected chi connectivity index (χ3v) is 6.10. The number of piperidine rings is 1. The average Bonchev–Trinajstić information content (AvgIpc) is 3.22. The Hall–Kier alpha value is -2.50. The summed E-state index contributed by atoms with van der Waals surface area (Å²) in [5.74, 6) is 4.16. The number of likely N-dealkylation sites (tertiary alicyclic amines) is 1. The van der Waals surface area contributed by atoms with Crippen molar-refractivity contribution >= 4 is 5.91 Å². The Morgan fingerprint density at radius 1 is 1.18 bits per heavy atom. The summed E-state index contributed by atoms with van der Waals surface area (Å²) >= 11 is 0. The molecule has 6 nitrogen and oxygen atoms in total. The second kappa shape index (κ2) is 7.49. The lowest BCUT2D eigenvalue weighted by atomic mass is 9.96. The Bertz CT molecular complexity index is 858. The molecule has 148 valence electrons. The number of nitrogens with zero attached hydrogens (tertiary/aromatic N) is 3. The molecule has 3 aliphatic rings. The van der Waals surface area contributed by atoms with Gasteiger partial charge < -0.3 is 18.9 Å². The van der Waals surface area contributed by atoms with E-state index in [1.165, 1.54) is 18.7 Å². The highest BCUT2D eigenvalue weighted by atomic mass is 16.7. The van der Waals surface area contributed by atoms with Crippen LogP contribution in [0, 0.1) is 5.92 Å². The number of fused-ring (bicyclic) bond motifs is 1. The largest absolute Gasteiger partial charge is 0.454 e. The van der Waals surface area contributed by atoms with Crippen molar-refractivity contribution in [3.05, 3.63) is 42.0 Å². The number of hydrogen-bond acceptors (Lipinski definition) is 4. The van der Waals surface area contributed by atoms with Crippen LogP contribution in [0.1, 0.15) is 49.4 Å². The minimum absolute atomic E-state index is 0.239. The fourth-order valence-electron chi connectivity index (χ4n) is 4.33. The van der Waals surface area contributed by atoms with Crippen LogP contribution >= 0.6 is 0 Å². The van der Waals surface area contributed by atoms with Crippen molar-refractivity contribution in [1.29, 1.82) is 0 Å². The Labute approximate surface area is 165 Å². The van der Waals surface area contributed by atoms with E-state index >= 15 is 0 Å². The molecule has 2 aromatic rings. The molecule has 0 unspecified atom stereocenters. The summed E-state index contributed by atoms with van der Waals surface area (Å²) in [7, 11) is 0. The molecule has 5 rings (SSSR count). The molecule has 1 atom stereocenters. The van der Waals surface area contributed by atoms with Crippen LogP contribution in [0.5, 0.6) is 11.5 Å². The summed E-state index contributed by atoms with van der Waals surface area (Å²) in [6, 6.07) is 5.94. The van der Waals surface area contributed by atoms with Gasteiger partial charge in [-0.25, -0.2) is 4.98 Å². The van der Waals surface area contributed by atoms with Crippen molar-refractivity contribution in [1.82, 2.24) is 14.5 Å². The van der Waals surface area contributed by atoms with Gasteiger partial charge in [0, 0.05) is 44.4 Å². The zero-order valence-electron chi connectivity index (χ0n) is 16.2. The van der Waals surface area contributed by atoms with Crippen molar-refractivity contribution in [2.45, 2.75) is 51.0 Å². The smallest absolute Gasteiger partial charge is 0.231 e. The number of imidazole rings is 1. The molecule has 2 aliphatic heterocycles. The molecule has 28 heavy (non-hydrogen) atoms. The summed E-state index contributed by atoms with van der Waals surface area (Å²) in [5.41, 5.74) is 1.12. The molecule has 0 N–H and O–H groups in total. The van der Waals surface area contributed by atoms with Gasteiger partial charge in [0.25, 0.3) is 0 Å². The molecule has 0 bridgehead atoms. The maximum Gasteiger partial charge on any atom is 0.231 e. The quantitative estimate of drug-likeness (QED) is 0.770. The first-order valence-electron chi connectivity index (χ1n) is 10.4. The minimum atomic E-state index is 0.239. The van der Waals surface area contributed by atoms with Crippen molar-refractivity contribution < 1.29 is 14.3 Å². The molecular weight excluding hydrogens is 354 g/mol. The van der Waals surface area contributed by atoms with Crippen LogP contribution in [-0.4, -0.2) is 40.2 Å². The second-order valence-corrected chi connectivity index (χ2v) is 8.25. The fraction of sp³-hybridized carbons (Fsp3) is 0.545. The third-order valence-electron chi connectivity index (χ3n) is 6.10. The molecule has 1 saturated heterocycles. The van der Waals surface area contributed by atoms with Crippen molar-refractivity contribution in [3.8, 4) is 11.5 Å². The zero-order chi connectivity index (χ0) is 18.9. The van der Waals surface area contributed by atoms with Crippen LogP contribution in [-0.2, 0) is 17.8 Å². The third kappa shape index (κ3) is 3.73. The maximum atomic E-state index is 12.8. The Morgan fingerprint density at radius 3 is 2.96 bits per heavy atom. The number of benzene rings is 1. The molecule has 2 fully saturated rings. The van der Waals surface area contributed by atoms with E-state index in [2.05, 4.69) is 15.7 Å². The van der Waals surface area contributed by atoms with Crippen LogP contribution < -0.4 is 9.47 Å². The second-order valence-electron chi connectivity index (χ2n) is 8.25. The molecular formula is C22H27N3O3. The topological polar surface area (TPSA) is 56.6 Å². The van der Waals surface area contributed by atoms with Crippen molar-refractivity contribution in [2.75, 3.05) is 19.9 Å². The predicted octanol–water partition coefficient (Wildman–Crippen LogP) is 3.36. The van der Waals surface area contributed by atoms with Gasteiger partial charge in [-0.2, -0.15) is 0 Å². The number of carbonyl (C=O) groups is 1. The molecule has 1 amide bonds. The first kappa shape index (κ1) is 17.6. The number of hydrogen-bond donors (Lipinski definition) is 0. The average molecular weight is 381 g/mol. The molecule has 0 spiro atoms. The number of carbonyl (C=O) groups excluding carboxylic acids is 1. The van der Waals surface area contributed by atoms with Gasteiger partial charge in [0.05, 0.1) is 0 Å². The van der Waals surface area contributed by atoms with Crippen molar-refractivity contribution in [2.24, 2.45) is 5.92 Å². The van der Waals surface area contributed by atoms with Gasteiger partial charge in [-0.1, -0.05) is 6.07 Å². The van der Waals surface area contributed by atoms with Gasteiger partial charge in [-0.05, 0) is 55.7 Å². The molecule has 1 aliphatic carbocycles. The van der Waals surface area contributed by atoms with Gasteiger partial charge >= 0.3 is 0 Å². The van der Waals surface area contributed by atoms with E-state index in [0.717, 1.165) is 61.9 Å². The number of amides is 1. The Kier molecular flexibility index (Phi) is 4.71. The minimum Gasteiger partial charge on any atom is -0.454 e. The van der Waals surface area contributed by atoms with Crippen LogP contribution in [0.3, 0.4) is 0 Å². The molecule has 1 aromatic carbocycles. The van der Waals surface area contributed by atoms with Gasteiger partial charge in [-0.3, -0.25) is 4.79 Å². The first-order valence-corrected chi connectivity index (χ1v) is 10.4. The number of rotatable bonds is 6. The van der Waals surface area contributed by atoms with E-state index < -0.39 is 0 Å². The van der Waals surface area contributed by atoms with E-state index in [1.807, 2.05) is 29.3 Å². The Balaban J connectivity index is 1.19. The van der Waals surface area contributed by atoms with Crippen LogP contribution in [0.25, 0.3) is 0 Å². The predicted molar refractivity (Wildman–Crippen MR) is 104 cm³/mol. The summed E-state index contributed by atoms with van der Waals surface area (Å²) in [4.78, 5) is 19.5. The zero-order valence-corrected chi connectivity index (χ0v) is 16.2. The van der Waals surface area contributed by atoms with Crippen LogP contribution in [0.2, 0.25) is 0 Å². The molecule has 1 saturated carbocycles. The highest BCUT2D eigenvalue weighted by Gasteiger charge is 2.29. The number of aryl methyl sites for hydroxylation is 1. The van der Waals surface area contributed by atoms with Crippen LogP contribution in [0.4, 0.5) is 0 Å². The van der Waals surface area contributed by atoms with E-state index in [9.17, 15) is 4.79 Å². The summed E-state index contributed by atoms with van der Waals surface area (Å²) in [6.45, 7) is 3.02. The number of aromatic nitrogens is 2. The highest BCUT2D eigenvalue weighted by Crippen LogP contribution is 2.34. The normalized spacial score (nSPS) is 21.1. The van der Waals surface area contributed by atoms with E-state index in [0.29, 0.717) is 12.3 Å². The lowest BCUT2D eigenvalue weighted by Crippen LogP contribution is -2.39. The van der Waals surface area contributed by atoms with Gasteiger partial charge in [0.15, 0.2) is 11.5 Å². The fourth-order valence-corrected chi connectivity index (χ4v) is 4.33.